The van der Waals surface area contributed by atoms with Crippen LogP contribution in [0.5, 0.6) is 17.2 Å². The molecule has 1 fully saturated rings. The molecule has 0 amide bonds. The van der Waals surface area contributed by atoms with Crippen LogP contribution in [0, 0.1) is 0 Å². The molecule has 0 heterocycles. The third-order valence-corrected chi connectivity index (χ3v) is 3.92. The van der Waals surface area contributed by atoms with Crippen molar-refractivity contribution < 1.29 is 14.2 Å². The summed E-state index contributed by atoms with van der Waals surface area (Å²) in [7, 11) is 4.97. The standard InChI is InChI=1S/C17H27NO3/c1-19-15-11-8-13(16(20-2)17(15)21-3)7-5-4-6-12-18-14-9-10-14/h8,11,14,18H,4-7,9-10,12H2,1-3H3. The average Bonchev–Trinajstić information content (AvgIpc) is 3.33. The van der Waals surface area contributed by atoms with E-state index in [1.165, 1.54) is 31.2 Å². The van der Waals surface area contributed by atoms with Gasteiger partial charge in [-0.25, -0.2) is 0 Å². The Balaban J connectivity index is 1.83. The Hall–Kier alpha value is -1.42. The van der Waals surface area contributed by atoms with Gasteiger partial charge in [-0.2, -0.15) is 0 Å². The molecule has 4 nitrogen and oxygen atoms in total. The van der Waals surface area contributed by atoms with Gasteiger partial charge >= 0.3 is 0 Å². The van der Waals surface area contributed by atoms with E-state index < -0.39 is 0 Å². The number of ether oxygens (including phenoxy) is 3. The van der Waals surface area contributed by atoms with Gasteiger partial charge in [-0.1, -0.05) is 12.5 Å². The van der Waals surface area contributed by atoms with Gasteiger partial charge in [-0.05, 0) is 50.3 Å². The fraction of sp³-hybridized carbons (Fsp3) is 0.647. The summed E-state index contributed by atoms with van der Waals surface area (Å²) in [6, 6.07) is 4.84. The smallest absolute Gasteiger partial charge is 0.203 e. The van der Waals surface area contributed by atoms with Crippen molar-refractivity contribution in [2.75, 3.05) is 27.9 Å². The molecule has 0 saturated heterocycles. The monoisotopic (exact) mass is 293 g/mol. The number of methoxy groups -OCH3 is 3. The molecule has 1 aliphatic carbocycles. The summed E-state index contributed by atoms with van der Waals surface area (Å²) in [5.41, 5.74) is 1.19. The second-order valence-corrected chi connectivity index (χ2v) is 5.53. The van der Waals surface area contributed by atoms with Gasteiger partial charge in [0.05, 0.1) is 21.3 Å². The topological polar surface area (TPSA) is 39.7 Å². The van der Waals surface area contributed by atoms with Gasteiger partial charge in [0.25, 0.3) is 0 Å². The summed E-state index contributed by atoms with van der Waals surface area (Å²) in [5.74, 6) is 2.20. The zero-order valence-electron chi connectivity index (χ0n) is 13.4. The lowest BCUT2D eigenvalue weighted by Crippen LogP contribution is -2.17. The second-order valence-electron chi connectivity index (χ2n) is 5.53. The summed E-state index contributed by atoms with van der Waals surface area (Å²) in [4.78, 5) is 0. The number of nitrogens with one attached hydrogen (secondary N) is 1. The van der Waals surface area contributed by atoms with Crippen molar-refractivity contribution in [3.05, 3.63) is 17.7 Å². The minimum Gasteiger partial charge on any atom is -0.493 e. The van der Waals surface area contributed by atoms with Gasteiger partial charge in [-0.3, -0.25) is 0 Å². The van der Waals surface area contributed by atoms with Crippen LogP contribution in [0.2, 0.25) is 0 Å². The number of hydrogen-bond donors (Lipinski definition) is 1. The second kappa shape index (κ2) is 8.13. The molecule has 0 bridgehead atoms. The number of benzene rings is 1. The van der Waals surface area contributed by atoms with Crippen LogP contribution in [0.1, 0.15) is 37.7 Å². The molecule has 0 aliphatic heterocycles. The SMILES string of the molecule is COc1ccc(CCCCCNC2CC2)c(OC)c1OC. The van der Waals surface area contributed by atoms with Crippen molar-refractivity contribution in [1.29, 1.82) is 0 Å². The minimum absolute atomic E-state index is 0.688. The maximum Gasteiger partial charge on any atom is 0.203 e. The first-order chi connectivity index (χ1) is 10.3. The van der Waals surface area contributed by atoms with Gasteiger partial charge in [-0.15, -0.1) is 0 Å². The van der Waals surface area contributed by atoms with Crippen molar-refractivity contribution in [1.82, 2.24) is 5.32 Å². The molecule has 0 radical (unpaired) electrons. The Kier molecular flexibility index (Phi) is 6.18. The Morgan fingerprint density at radius 2 is 1.71 bits per heavy atom. The van der Waals surface area contributed by atoms with Crippen LogP contribution in [0.3, 0.4) is 0 Å². The predicted octanol–water partition coefficient (Wildman–Crippen LogP) is 3.18. The first kappa shape index (κ1) is 16.0. The van der Waals surface area contributed by atoms with Crippen molar-refractivity contribution in [3.8, 4) is 17.2 Å². The van der Waals surface area contributed by atoms with E-state index in [1.807, 2.05) is 6.07 Å². The van der Waals surface area contributed by atoms with E-state index in [2.05, 4.69) is 11.4 Å². The van der Waals surface area contributed by atoms with E-state index in [0.717, 1.165) is 31.2 Å². The van der Waals surface area contributed by atoms with Crippen molar-refractivity contribution in [2.45, 2.75) is 44.6 Å². The van der Waals surface area contributed by atoms with Crippen molar-refractivity contribution in [3.63, 3.8) is 0 Å². The number of aryl methyl sites for hydroxylation is 1. The molecular weight excluding hydrogens is 266 g/mol. The zero-order chi connectivity index (χ0) is 15.1. The molecule has 0 atom stereocenters. The molecule has 1 N–H and O–H groups in total. The molecule has 0 unspecified atom stereocenters. The molecule has 0 spiro atoms. The van der Waals surface area contributed by atoms with Gasteiger partial charge in [0, 0.05) is 6.04 Å². The third-order valence-electron chi connectivity index (χ3n) is 3.92. The summed E-state index contributed by atoms with van der Waals surface area (Å²) in [6.45, 7) is 1.15. The highest BCUT2D eigenvalue weighted by atomic mass is 16.5. The highest BCUT2D eigenvalue weighted by Crippen LogP contribution is 2.40. The van der Waals surface area contributed by atoms with Crippen molar-refractivity contribution in [2.24, 2.45) is 0 Å². The summed E-state index contributed by atoms with van der Waals surface area (Å²) >= 11 is 0. The first-order valence-corrected chi connectivity index (χ1v) is 7.81. The van der Waals surface area contributed by atoms with Crippen LogP contribution < -0.4 is 19.5 Å². The van der Waals surface area contributed by atoms with Crippen LogP contribution >= 0.6 is 0 Å². The van der Waals surface area contributed by atoms with Gasteiger partial charge in [0.2, 0.25) is 5.75 Å². The van der Waals surface area contributed by atoms with Gasteiger partial charge in [0.15, 0.2) is 11.5 Å². The molecule has 2 rings (SSSR count). The number of unbranched alkanes of at least 4 members (excludes halogenated alkanes) is 2. The van der Waals surface area contributed by atoms with E-state index in [0.29, 0.717) is 11.5 Å². The largest absolute Gasteiger partial charge is 0.493 e. The van der Waals surface area contributed by atoms with Crippen LogP contribution in [-0.4, -0.2) is 33.9 Å². The predicted molar refractivity (Wildman–Crippen MR) is 84.7 cm³/mol. The summed E-state index contributed by atoms with van der Waals surface area (Å²) in [5, 5.41) is 3.55. The maximum atomic E-state index is 5.51. The maximum absolute atomic E-state index is 5.51. The molecule has 0 aromatic heterocycles. The molecule has 118 valence electrons. The molecule has 4 heteroatoms. The Morgan fingerprint density at radius 1 is 0.952 bits per heavy atom. The number of rotatable bonds is 10. The van der Waals surface area contributed by atoms with Crippen LogP contribution in [0.4, 0.5) is 0 Å². The lowest BCUT2D eigenvalue weighted by molar-refractivity contribution is 0.322. The van der Waals surface area contributed by atoms with E-state index in [4.69, 9.17) is 14.2 Å². The molecule has 21 heavy (non-hydrogen) atoms. The van der Waals surface area contributed by atoms with Crippen LogP contribution in [-0.2, 0) is 6.42 Å². The van der Waals surface area contributed by atoms with Gasteiger partial charge in [0.1, 0.15) is 0 Å². The average molecular weight is 293 g/mol. The van der Waals surface area contributed by atoms with Crippen LogP contribution in [0.25, 0.3) is 0 Å². The van der Waals surface area contributed by atoms with E-state index >= 15 is 0 Å². The highest BCUT2D eigenvalue weighted by Gasteiger charge is 2.19. The van der Waals surface area contributed by atoms with Crippen LogP contribution in [0.15, 0.2) is 12.1 Å². The Labute approximate surface area is 127 Å². The highest BCUT2D eigenvalue weighted by molar-refractivity contribution is 5.55. The summed E-state index contributed by atoms with van der Waals surface area (Å²) in [6.07, 6.45) is 7.38. The first-order valence-electron chi connectivity index (χ1n) is 7.81. The lowest BCUT2D eigenvalue weighted by Gasteiger charge is -2.15. The zero-order valence-corrected chi connectivity index (χ0v) is 13.4. The Bertz CT molecular complexity index is 444. The molecule has 1 aromatic rings. The van der Waals surface area contributed by atoms with E-state index in [9.17, 15) is 0 Å². The number of hydrogen-bond acceptors (Lipinski definition) is 4. The molecular formula is C17H27NO3. The van der Waals surface area contributed by atoms with Gasteiger partial charge < -0.3 is 19.5 Å². The van der Waals surface area contributed by atoms with Crippen molar-refractivity contribution >= 4 is 0 Å². The Morgan fingerprint density at radius 3 is 2.33 bits per heavy atom. The quantitative estimate of drug-likeness (QED) is 0.673. The minimum atomic E-state index is 0.688. The fourth-order valence-electron chi connectivity index (χ4n) is 2.57. The normalized spacial score (nSPS) is 14.0. The lowest BCUT2D eigenvalue weighted by atomic mass is 10.0. The summed E-state index contributed by atoms with van der Waals surface area (Å²) < 4.78 is 16.2. The van der Waals surface area contributed by atoms with E-state index in [-0.39, 0.29) is 0 Å². The fourth-order valence-corrected chi connectivity index (χ4v) is 2.57. The molecule has 1 aliphatic rings. The third kappa shape index (κ3) is 4.53. The molecule has 1 saturated carbocycles. The molecule has 1 aromatic carbocycles. The van der Waals surface area contributed by atoms with E-state index in [1.54, 1.807) is 21.3 Å².